The molecule has 146 valence electrons. The molecule has 0 aliphatic rings. The second-order valence-electron chi connectivity index (χ2n) is 8.14. The first-order chi connectivity index (χ1) is 13.9. The van der Waals surface area contributed by atoms with Gasteiger partial charge < -0.3 is 5.32 Å². The van der Waals surface area contributed by atoms with Gasteiger partial charge in [0.25, 0.3) is 5.56 Å². The van der Waals surface area contributed by atoms with E-state index in [9.17, 15) is 4.79 Å². The molecule has 0 saturated carbocycles. The first kappa shape index (κ1) is 18.9. The van der Waals surface area contributed by atoms with E-state index in [0.717, 1.165) is 22.3 Å². The monoisotopic (exact) mass is 384 g/mol. The van der Waals surface area contributed by atoms with E-state index in [-0.39, 0.29) is 11.0 Å². The number of pyridine rings is 1. The van der Waals surface area contributed by atoms with Crippen LogP contribution in [0.2, 0.25) is 0 Å². The summed E-state index contributed by atoms with van der Waals surface area (Å²) in [6.07, 6.45) is 5.27. The molecule has 0 aliphatic heterocycles. The third kappa shape index (κ3) is 3.90. The van der Waals surface area contributed by atoms with Crippen molar-refractivity contribution in [3.05, 3.63) is 94.7 Å². The Morgan fingerprint density at radius 1 is 0.966 bits per heavy atom. The lowest BCUT2D eigenvalue weighted by atomic mass is 9.87. The van der Waals surface area contributed by atoms with E-state index < -0.39 is 0 Å². The Labute approximate surface area is 170 Å². The van der Waals surface area contributed by atoms with E-state index in [4.69, 9.17) is 0 Å². The zero-order chi connectivity index (χ0) is 20.4. The van der Waals surface area contributed by atoms with Crippen molar-refractivity contribution in [2.75, 3.05) is 5.32 Å². The van der Waals surface area contributed by atoms with Gasteiger partial charge in [0.05, 0.1) is 17.3 Å². The number of hydrogen-bond donors (Lipinski definition) is 1. The summed E-state index contributed by atoms with van der Waals surface area (Å²) in [5.74, 6) is 0. The molecule has 0 aliphatic carbocycles. The van der Waals surface area contributed by atoms with Crippen molar-refractivity contribution in [1.29, 1.82) is 0 Å². The lowest BCUT2D eigenvalue weighted by Crippen LogP contribution is -2.22. The average Bonchev–Trinajstić information content (AvgIpc) is 2.73. The molecule has 29 heavy (non-hydrogen) atoms. The lowest BCUT2D eigenvalue weighted by Gasteiger charge is -2.19. The minimum absolute atomic E-state index is 0.0599. The minimum Gasteiger partial charge on any atom is -0.380 e. The van der Waals surface area contributed by atoms with Gasteiger partial charge in [-0.1, -0.05) is 45.0 Å². The second-order valence-corrected chi connectivity index (χ2v) is 8.14. The molecule has 0 spiro atoms. The lowest BCUT2D eigenvalue weighted by molar-refractivity contribution is 0.590. The Kier molecular flexibility index (Phi) is 4.89. The number of rotatable bonds is 4. The van der Waals surface area contributed by atoms with Crippen LogP contribution in [0.4, 0.5) is 5.69 Å². The summed E-state index contributed by atoms with van der Waals surface area (Å²) < 4.78 is 1.46. The smallest absolute Gasteiger partial charge is 0.281 e. The van der Waals surface area contributed by atoms with Crippen LogP contribution in [0.1, 0.15) is 31.9 Å². The molecule has 5 nitrogen and oxygen atoms in total. The van der Waals surface area contributed by atoms with Gasteiger partial charge in [-0.05, 0) is 46.9 Å². The van der Waals surface area contributed by atoms with E-state index >= 15 is 0 Å². The summed E-state index contributed by atoms with van der Waals surface area (Å²) in [4.78, 5) is 17.3. The third-order valence-corrected chi connectivity index (χ3v) is 5.03. The van der Waals surface area contributed by atoms with Gasteiger partial charge in [0, 0.05) is 30.0 Å². The number of benzene rings is 2. The molecule has 2 heterocycles. The van der Waals surface area contributed by atoms with E-state index in [2.05, 4.69) is 48.3 Å². The largest absolute Gasteiger partial charge is 0.380 e. The number of fused-ring (bicyclic) bond motifs is 1. The zero-order valence-corrected chi connectivity index (χ0v) is 16.9. The molecule has 0 saturated heterocycles. The van der Waals surface area contributed by atoms with Crippen LogP contribution in [-0.4, -0.2) is 14.8 Å². The van der Waals surface area contributed by atoms with Crippen molar-refractivity contribution < 1.29 is 0 Å². The first-order valence-corrected chi connectivity index (χ1v) is 9.68. The average molecular weight is 384 g/mol. The van der Waals surface area contributed by atoms with Gasteiger partial charge in [0.2, 0.25) is 0 Å². The molecule has 0 fully saturated rings. The molecular weight excluding hydrogens is 360 g/mol. The highest BCUT2D eigenvalue weighted by Gasteiger charge is 2.14. The molecule has 4 aromatic rings. The van der Waals surface area contributed by atoms with Crippen molar-refractivity contribution >= 4 is 16.5 Å². The molecule has 0 unspecified atom stereocenters. The maximum Gasteiger partial charge on any atom is 0.281 e. The van der Waals surface area contributed by atoms with E-state index in [1.54, 1.807) is 18.6 Å². The number of anilines is 1. The maximum absolute atomic E-state index is 13.3. The van der Waals surface area contributed by atoms with Gasteiger partial charge in [-0.25, -0.2) is 0 Å². The van der Waals surface area contributed by atoms with Crippen LogP contribution in [0.3, 0.4) is 0 Å². The highest BCUT2D eigenvalue weighted by molar-refractivity contribution is 5.92. The van der Waals surface area contributed by atoms with Crippen LogP contribution >= 0.6 is 0 Å². The normalized spacial score (nSPS) is 11.6. The number of nitrogens with one attached hydrogen (secondary N) is 1. The van der Waals surface area contributed by atoms with Crippen LogP contribution in [0.15, 0.2) is 78.0 Å². The Bertz CT molecular complexity index is 1190. The Hall–Kier alpha value is -3.47. The van der Waals surface area contributed by atoms with Crippen LogP contribution in [0, 0.1) is 0 Å². The molecule has 0 amide bonds. The Balaban J connectivity index is 1.74. The Morgan fingerprint density at radius 2 is 1.69 bits per heavy atom. The van der Waals surface area contributed by atoms with E-state index in [0.29, 0.717) is 11.9 Å². The van der Waals surface area contributed by atoms with Crippen LogP contribution in [0.25, 0.3) is 16.5 Å². The molecule has 0 atom stereocenters. The summed E-state index contributed by atoms with van der Waals surface area (Å²) >= 11 is 0. The fourth-order valence-electron chi connectivity index (χ4n) is 3.33. The summed E-state index contributed by atoms with van der Waals surface area (Å²) in [5.41, 5.74) is 3.80. The van der Waals surface area contributed by atoms with Crippen molar-refractivity contribution in [3.63, 3.8) is 0 Å². The van der Waals surface area contributed by atoms with E-state index in [1.807, 2.05) is 42.5 Å². The topological polar surface area (TPSA) is 59.8 Å². The summed E-state index contributed by atoms with van der Waals surface area (Å²) in [6, 6.07) is 17.7. The van der Waals surface area contributed by atoms with Crippen LogP contribution in [0.5, 0.6) is 0 Å². The van der Waals surface area contributed by atoms with Crippen LogP contribution in [-0.2, 0) is 12.0 Å². The van der Waals surface area contributed by atoms with E-state index in [1.165, 1.54) is 10.2 Å². The number of hydrogen-bond acceptors (Lipinski definition) is 4. The minimum atomic E-state index is -0.135. The summed E-state index contributed by atoms with van der Waals surface area (Å²) in [7, 11) is 0. The maximum atomic E-state index is 13.3. The number of nitrogens with zero attached hydrogens (tertiary/aromatic N) is 3. The second kappa shape index (κ2) is 7.51. The molecule has 0 bridgehead atoms. The van der Waals surface area contributed by atoms with Crippen molar-refractivity contribution in [3.8, 4) is 5.69 Å². The first-order valence-electron chi connectivity index (χ1n) is 9.68. The van der Waals surface area contributed by atoms with Gasteiger partial charge in [0.1, 0.15) is 0 Å². The fraction of sp³-hybridized carbons (Fsp3) is 0.208. The van der Waals surface area contributed by atoms with Gasteiger partial charge in [-0.3, -0.25) is 9.78 Å². The predicted molar refractivity (Wildman–Crippen MR) is 118 cm³/mol. The summed E-state index contributed by atoms with van der Waals surface area (Å²) in [5, 5.41) is 9.23. The van der Waals surface area contributed by atoms with Crippen molar-refractivity contribution in [1.82, 2.24) is 14.8 Å². The van der Waals surface area contributed by atoms with Crippen LogP contribution < -0.4 is 10.9 Å². The quantitative estimate of drug-likeness (QED) is 0.554. The molecule has 1 N–H and O–H groups in total. The molecule has 4 rings (SSSR count). The van der Waals surface area contributed by atoms with Crippen molar-refractivity contribution in [2.45, 2.75) is 32.7 Å². The predicted octanol–water partition coefficient (Wildman–Crippen LogP) is 4.69. The highest BCUT2D eigenvalue weighted by atomic mass is 16.1. The third-order valence-electron chi connectivity index (χ3n) is 5.03. The highest BCUT2D eigenvalue weighted by Crippen LogP contribution is 2.24. The van der Waals surface area contributed by atoms with Gasteiger partial charge >= 0.3 is 0 Å². The van der Waals surface area contributed by atoms with Gasteiger partial charge in [-0.2, -0.15) is 9.78 Å². The molecular formula is C24H24N4O. The molecule has 0 radical (unpaired) electrons. The standard InChI is InChI=1S/C24H24N4O/c1-24(2,3)19-7-9-20(10-8-19)28-23(29)22-18(16-27-28)5-4-6-21(22)26-15-17-11-13-25-14-12-17/h4-14,16,26H,15H2,1-3H3. The Morgan fingerprint density at radius 3 is 2.38 bits per heavy atom. The molecule has 2 aromatic carbocycles. The van der Waals surface area contributed by atoms with Crippen molar-refractivity contribution in [2.24, 2.45) is 0 Å². The SMILES string of the molecule is CC(C)(C)c1ccc(-n2ncc3cccc(NCc4ccncc4)c3c2=O)cc1. The summed E-state index contributed by atoms with van der Waals surface area (Å²) in [6.45, 7) is 7.12. The fourth-order valence-corrected chi connectivity index (χ4v) is 3.33. The zero-order valence-electron chi connectivity index (χ0n) is 16.9. The van der Waals surface area contributed by atoms with Gasteiger partial charge in [-0.15, -0.1) is 0 Å². The van der Waals surface area contributed by atoms with Gasteiger partial charge in [0.15, 0.2) is 0 Å². The number of aromatic nitrogens is 3. The molecule has 2 aromatic heterocycles. The molecule has 5 heteroatoms.